The molecular formula is C22H24N6O6S. The van der Waals surface area contributed by atoms with Gasteiger partial charge < -0.3 is 32.3 Å². The van der Waals surface area contributed by atoms with Crippen LogP contribution in [0.5, 0.6) is 0 Å². The van der Waals surface area contributed by atoms with Crippen LogP contribution in [0.4, 0.5) is 11.4 Å². The molecular weight excluding hydrogens is 476 g/mol. The van der Waals surface area contributed by atoms with E-state index in [1.54, 1.807) is 6.07 Å². The van der Waals surface area contributed by atoms with Gasteiger partial charge >= 0.3 is 11.9 Å². The Morgan fingerprint density at radius 3 is 2.11 bits per heavy atom. The molecule has 0 unspecified atom stereocenters. The zero-order valence-electron chi connectivity index (χ0n) is 18.5. The van der Waals surface area contributed by atoms with E-state index in [1.165, 1.54) is 48.5 Å². The Labute approximate surface area is 205 Å². The fraction of sp³-hybridized carbons (Fsp3) is 0.182. The van der Waals surface area contributed by atoms with Crippen molar-refractivity contribution in [2.24, 2.45) is 11.5 Å². The lowest BCUT2D eigenvalue weighted by Gasteiger charge is -2.40. The van der Waals surface area contributed by atoms with Gasteiger partial charge in [0.15, 0.2) is 10.9 Å². The summed E-state index contributed by atoms with van der Waals surface area (Å²) in [6.45, 7) is 0.942. The van der Waals surface area contributed by atoms with Crippen molar-refractivity contribution < 1.29 is 29.4 Å². The molecule has 35 heavy (non-hydrogen) atoms. The van der Waals surface area contributed by atoms with E-state index in [2.05, 4.69) is 10.6 Å². The molecule has 9 N–H and O–H groups in total. The first kappa shape index (κ1) is 26.9. The number of thiocarbonyl (C=S) groups is 1. The normalized spacial score (nSPS) is 13.0. The number of nitrogens with zero attached hydrogens (tertiary/aromatic N) is 1. The van der Waals surface area contributed by atoms with Crippen LogP contribution in [0, 0.1) is 5.41 Å². The third kappa shape index (κ3) is 6.16. The maximum absolute atomic E-state index is 13.3. The predicted molar refractivity (Wildman–Crippen MR) is 132 cm³/mol. The molecule has 2 rings (SSSR count). The zero-order valence-corrected chi connectivity index (χ0v) is 19.3. The topological polar surface area (TPSA) is 212 Å². The van der Waals surface area contributed by atoms with Gasteiger partial charge in [-0.05, 0) is 55.5 Å². The number of aliphatic carboxylic acids is 2. The van der Waals surface area contributed by atoms with E-state index < -0.39 is 41.8 Å². The van der Waals surface area contributed by atoms with Gasteiger partial charge in [0.2, 0.25) is 5.91 Å². The van der Waals surface area contributed by atoms with Crippen molar-refractivity contribution in [2.45, 2.75) is 25.0 Å². The molecule has 0 heterocycles. The van der Waals surface area contributed by atoms with Crippen molar-refractivity contribution in [3.05, 3.63) is 60.2 Å². The van der Waals surface area contributed by atoms with E-state index in [1.807, 2.05) is 0 Å². The van der Waals surface area contributed by atoms with Crippen LogP contribution in [0.15, 0.2) is 54.6 Å². The summed E-state index contributed by atoms with van der Waals surface area (Å²) < 4.78 is 0. The van der Waals surface area contributed by atoms with Crippen molar-refractivity contribution in [3.63, 3.8) is 0 Å². The fourth-order valence-electron chi connectivity index (χ4n) is 3.17. The molecule has 13 heteroatoms. The van der Waals surface area contributed by atoms with E-state index in [-0.39, 0.29) is 16.6 Å². The molecule has 0 aromatic heterocycles. The summed E-state index contributed by atoms with van der Waals surface area (Å²) in [4.78, 5) is 50.4. The number of Topliss-reactive ketones (excluding diaryl/α,β-unsaturated/α-hetero) is 1. The molecule has 12 nitrogen and oxygen atoms in total. The molecule has 2 aromatic carbocycles. The van der Waals surface area contributed by atoms with Gasteiger partial charge in [0.1, 0.15) is 5.84 Å². The Bertz CT molecular complexity index is 1140. The number of ketones is 1. The second-order valence-corrected chi connectivity index (χ2v) is 7.76. The second-order valence-electron chi connectivity index (χ2n) is 7.36. The van der Waals surface area contributed by atoms with Crippen LogP contribution < -0.4 is 27.0 Å². The highest BCUT2D eigenvalue weighted by Crippen LogP contribution is 2.26. The van der Waals surface area contributed by atoms with Gasteiger partial charge in [0.25, 0.3) is 5.66 Å². The molecule has 0 saturated heterocycles. The summed E-state index contributed by atoms with van der Waals surface area (Å²) in [6.07, 6.45) is -0.805. The van der Waals surface area contributed by atoms with Crippen LogP contribution in [0.3, 0.4) is 0 Å². The Balaban J connectivity index is 2.53. The van der Waals surface area contributed by atoms with Gasteiger partial charge in [0.05, 0.1) is 12.5 Å². The number of para-hydroxylation sites is 1. The monoisotopic (exact) mass is 500 g/mol. The average molecular weight is 501 g/mol. The van der Waals surface area contributed by atoms with Crippen LogP contribution in [-0.2, 0) is 19.2 Å². The molecule has 0 bridgehead atoms. The number of benzene rings is 2. The number of carbonyl (C=O) groups excluding carboxylic acids is 2. The van der Waals surface area contributed by atoms with E-state index in [0.29, 0.717) is 16.2 Å². The Morgan fingerprint density at radius 1 is 1.09 bits per heavy atom. The van der Waals surface area contributed by atoms with Crippen molar-refractivity contribution in [3.8, 4) is 0 Å². The highest BCUT2D eigenvalue weighted by molar-refractivity contribution is 7.80. The van der Waals surface area contributed by atoms with Crippen molar-refractivity contribution in [1.82, 2.24) is 5.32 Å². The first-order valence-electron chi connectivity index (χ1n) is 10.0. The first-order valence-corrected chi connectivity index (χ1v) is 10.5. The summed E-state index contributed by atoms with van der Waals surface area (Å²) in [5.74, 6) is -5.48. The van der Waals surface area contributed by atoms with Crippen molar-refractivity contribution in [1.29, 1.82) is 5.41 Å². The SMILES string of the molecule is CC(=O)[C@@](NC(=S)Nc1ccc(C(=N)N)cc1)(C(=O)O)N(C(=O)[C@@H](N)CC(=O)O)c1ccccc1. The fourth-order valence-corrected chi connectivity index (χ4v) is 3.43. The lowest BCUT2D eigenvalue weighted by Crippen LogP contribution is -2.73. The number of hydrogen-bond donors (Lipinski definition) is 7. The van der Waals surface area contributed by atoms with Crippen LogP contribution in [-0.4, -0.2) is 56.5 Å². The number of nitrogens with two attached hydrogens (primary N) is 2. The molecule has 1 amide bonds. The molecule has 0 fully saturated rings. The van der Waals surface area contributed by atoms with E-state index in [4.69, 9.17) is 34.2 Å². The van der Waals surface area contributed by atoms with Gasteiger partial charge in [-0.15, -0.1) is 0 Å². The number of carboxylic acid groups (broad SMARTS) is 2. The number of anilines is 2. The molecule has 0 spiro atoms. The highest BCUT2D eigenvalue weighted by Gasteiger charge is 2.54. The molecule has 0 aliphatic carbocycles. The molecule has 2 aromatic rings. The van der Waals surface area contributed by atoms with Gasteiger partial charge in [-0.1, -0.05) is 18.2 Å². The van der Waals surface area contributed by atoms with Gasteiger partial charge in [-0.25, -0.2) is 4.79 Å². The predicted octanol–water partition coefficient (Wildman–Crippen LogP) is 0.462. The van der Waals surface area contributed by atoms with Gasteiger partial charge in [-0.2, -0.15) is 0 Å². The smallest absolute Gasteiger partial charge is 0.359 e. The minimum Gasteiger partial charge on any atom is -0.481 e. The third-order valence-electron chi connectivity index (χ3n) is 4.85. The molecule has 0 aliphatic rings. The van der Waals surface area contributed by atoms with Crippen molar-refractivity contribution >= 4 is 58.2 Å². The zero-order chi connectivity index (χ0) is 26.3. The number of rotatable bonds is 10. The van der Waals surface area contributed by atoms with Gasteiger partial charge in [0, 0.05) is 16.9 Å². The molecule has 0 radical (unpaired) electrons. The number of nitrogen functional groups attached to an aromatic ring is 1. The maximum Gasteiger partial charge on any atom is 0.359 e. The van der Waals surface area contributed by atoms with Crippen molar-refractivity contribution in [2.75, 3.05) is 10.2 Å². The maximum atomic E-state index is 13.3. The summed E-state index contributed by atoms with van der Waals surface area (Å²) in [7, 11) is 0. The van der Waals surface area contributed by atoms with Gasteiger partial charge in [-0.3, -0.25) is 24.7 Å². The number of carbonyl (C=O) groups is 4. The molecule has 0 aliphatic heterocycles. The van der Waals surface area contributed by atoms with Crippen LogP contribution in [0.2, 0.25) is 0 Å². The first-order chi connectivity index (χ1) is 16.4. The minimum atomic E-state index is -2.77. The molecule has 184 valence electrons. The van der Waals surface area contributed by atoms with E-state index in [9.17, 15) is 24.3 Å². The number of nitrogens with one attached hydrogen (secondary N) is 3. The average Bonchev–Trinajstić information content (AvgIpc) is 2.78. The summed E-state index contributed by atoms with van der Waals surface area (Å²) in [5, 5.41) is 31.5. The summed E-state index contributed by atoms with van der Waals surface area (Å²) >= 11 is 5.23. The number of amides is 1. The quantitative estimate of drug-likeness (QED) is 0.0782. The minimum absolute atomic E-state index is 0.0305. The number of amidine groups is 1. The highest BCUT2D eigenvalue weighted by atomic mass is 32.1. The van der Waals surface area contributed by atoms with E-state index in [0.717, 1.165) is 6.92 Å². The molecule has 0 saturated carbocycles. The van der Waals surface area contributed by atoms with E-state index >= 15 is 0 Å². The Morgan fingerprint density at radius 2 is 1.66 bits per heavy atom. The molecule has 2 atom stereocenters. The standard InChI is InChI=1S/C22H24N6O6S/c1-12(29)22(20(33)34,27-21(35)26-14-9-7-13(8-10-14)18(24)25)28(15-5-3-2-4-6-15)19(32)16(23)11-17(30)31/h2-10,16H,11,23H2,1H3,(H3,24,25)(H,30,31)(H,33,34)(H2,26,27,35)/t16-,22-/m0/s1. The van der Waals surface area contributed by atoms with Crippen LogP contribution >= 0.6 is 12.2 Å². The summed E-state index contributed by atoms with van der Waals surface area (Å²) in [5.41, 5.74) is 9.20. The second kappa shape index (κ2) is 11.2. The Hall–Kier alpha value is -4.36. The Kier molecular flexibility index (Phi) is 8.59. The van der Waals surface area contributed by atoms with Crippen LogP contribution in [0.1, 0.15) is 18.9 Å². The number of carboxylic acids is 2. The van der Waals surface area contributed by atoms with Crippen LogP contribution in [0.25, 0.3) is 0 Å². The largest absolute Gasteiger partial charge is 0.481 e. The summed E-state index contributed by atoms with van der Waals surface area (Å²) in [6, 6.07) is 11.7. The third-order valence-corrected chi connectivity index (χ3v) is 5.05. The number of hydrogen-bond acceptors (Lipinski definition) is 7. The lowest BCUT2D eigenvalue weighted by molar-refractivity contribution is -0.150. The lowest BCUT2D eigenvalue weighted by atomic mass is 9.99.